The molecule has 0 spiro atoms. The predicted molar refractivity (Wildman–Crippen MR) is 76.2 cm³/mol. The van der Waals surface area contributed by atoms with Gasteiger partial charge in [-0.2, -0.15) is 0 Å². The van der Waals surface area contributed by atoms with E-state index in [0.717, 1.165) is 12.1 Å². The summed E-state index contributed by atoms with van der Waals surface area (Å²) in [7, 11) is -7.54. The molecule has 1 atom stereocenters. The Morgan fingerprint density at radius 2 is 2.00 bits per heavy atom. The molecular formula is C12H14F2N2O5S2. The van der Waals surface area contributed by atoms with Crippen molar-refractivity contribution in [3.05, 3.63) is 29.8 Å². The topological polar surface area (TPSA) is 109 Å². The summed E-state index contributed by atoms with van der Waals surface area (Å²) < 4.78 is 72.4. The van der Waals surface area contributed by atoms with E-state index >= 15 is 0 Å². The lowest BCUT2D eigenvalue weighted by atomic mass is 10.1. The highest BCUT2D eigenvalue weighted by Crippen LogP contribution is 2.21. The van der Waals surface area contributed by atoms with Gasteiger partial charge < -0.3 is 0 Å². The Labute approximate surface area is 132 Å². The van der Waals surface area contributed by atoms with Crippen molar-refractivity contribution in [1.29, 1.82) is 0 Å². The van der Waals surface area contributed by atoms with Crippen LogP contribution in [0.25, 0.3) is 0 Å². The maximum absolute atomic E-state index is 13.4. The first-order valence-corrected chi connectivity index (χ1v) is 9.86. The van der Waals surface area contributed by atoms with Crippen LogP contribution < -0.4 is 10.3 Å². The summed E-state index contributed by atoms with van der Waals surface area (Å²) in [6.45, 7) is 0. The molecule has 1 amide bonds. The zero-order valence-electron chi connectivity index (χ0n) is 11.8. The minimum absolute atomic E-state index is 0.00252. The van der Waals surface area contributed by atoms with Gasteiger partial charge in [0.15, 0.2) is 9.84 Å². The minimum atomic E-state index is -4.40. The third-order valence-corrected chi connectivity index (χ3v) is 6.43. The smallest absolute Gasteiger partial charge is 0.260 e. The molecule has 1 fully saturated rings. The Kier molecular flexibility index (Phi) is 5.01. The Balaban J connectivity index is 1.95. The maximum atomic E-state index is 13.4. The lowest BCUT2D eigenvalue weighted by Gasteiger charge is -2.11. The van der Waals surface area contributed by atoms with Crippen molar-refractivity contribution in [2.24, 2.45) is 5.92 Å². The zero-order valence-corrected chi connectivity index (χ0v) is 13.4. The van der Waals surface area contributed by atoms with Crippen LogP contribution in [0.3, 0.4) is 0 Å². The SMILES string of the molecule is O=C(C[C@@H]1CCS(=O)(=O)C1)NNS(=O)(=O)c1ccc(F)cc1F. The van der Waals surface area contributed by atoms with E-state index in [0.29, 0.717) is 12.5 Å². The molecule has 23 heavy (non-hydrogen) atoms. The third kappa shape index (κ3) is 4.69. The molecule has 2 N–H and O–H groups in total. The summed E-state index contributed by atoms with van der Waals surface area (Å²) in [6, 6.07) is 1.89. The number of rotatable bonds is 5. The lowest BCUT2D eigenvalue weighted by Crippen LogP contribution is -2.42. The van der Waals surface area contributed by atoms with E-state index in [1.807, 2.05) is 5.43 Å². The highest BCUT2D eigenvalue weighted by atomic mass is 32.2. The van der Waals surface area contributed by atoms with Crippen LogP contribution >= 0.6 is 0 Å². The normalized spacial score (nSPS) is 20.3. The largest absolute Gasteiger partial charge is 0.278 e. The zero-order chi connectivity index (χ0) is 17.3. The van der Waals surface area contributed by atoms with Crippen LogP contribution in [-0.4, -0.2) is 34.2 Å². The fourth-order valence-electron chi connectivity index (χ4n) is 2.22. The summed E-state index contributed by atoms with van der Waals surface area (Å²) in [6.07, 6.45) is 0.155. The number of amides is 1. The van der Waals surface area contributed by atoms with Crippen LogP contribution in [0.15, 0.2) is 23.1 Å². The molecule has 1 aliphatic rings. The van der Waals surface area contributed by atoms with Gasteiger partial charge in [-0.3, -0.25) is 10.2 Å². The van der Waals surface area contributed by atoms with Crippen LogP contribution in [0.5, 0.6) is 0 Å². The van der Waals surface area contributed by atoms with E-state index < -0.39 is 42.3 Å². The second kappa shape index (κ2) is 6.49. The Morgan fingerprint density at radius 1 is 1.30 bits per heavy atom. The van der Waals surface area contributed by atoms with Crippen molar-refractivity contribution < 1.29 is 30.4 Å². The Hall–Kier alpha value is -1.59. The molecule has 0 bridgehead atoms. The van der Waals surface area contributed by atoms with Gasteiger partial charge in [-0.25, -0.2) is 25.6 Å². The van der Waals surface area contributed by atoms with Gasteiger partial charge in [0.1, 0.15) is 16.5 Å². The van der Waals surface area contributed by atoms with Crippen LogP contribution in [0.2, 0.25) is 0 Å². The molecule has 1 aromatic rings. The predicted octanol–water partition coefficient (Wildman–Crippen LogP) is 0.0991. The number of nitrogens with one attached hydrogen (secondary N) is 2. The number of hydrazine groups is 1. The van der Waals surface area contributed by atoms with Crippen LogP contribution in [0.4, 0.5) is 8.78 Å². The van der Waals surface area contributed by atoms with Gasteiger partial charge in [-0.15, -0.1) is 4.83 Å². The average molecular weight is 368 g/mol. The van der Waals surface area contributed by atoms with Crippen LogP contribution in [-0.2, 0) is 24.7 Å². The van der Waals surface area contributed by atoms with Crippen molar-refractivity contribution in [2.45, 2.75) is 17.7 Å². The number of hydrogen-bond donors (Lipinski definition) is 2. The Morgan fingerprint density at radius 3 is 2.57 bits per heavy atom. The van der Waals surface area contributed by atoms with Crippen LogP contribution in [0.1, 0.15) is 12.8 Å². The van der Waals surface area contributed by atoms with Crippen LogP contribution in [0, 0.1) is 17.6 Å². The summed E-state index contributed by atoms with van der Waals surface area (Å²) in [5, 5.41) is 0. The molecular weight excluding hydrogens is 354 g/mol. The summed E-state index contributed by atoms with van der Waals surface area (Å²) >= 11 is 0. The monoisotopic (exact) mass is 368 g/mol. The number of halogens is 2. The highest BCUT2D eigenvalue weighted by molar-refractivity contribution is 7.91. The molecule has 128 valence electrons. The molecule has 1 heterocycles. The van der Waals surface area contributed by atoms with E-state index in [9.17, 15) is 30.4 Å². The molecule has 2 rings (SSSR count). The van der Waals surface area contributed by atoms with Gasteiger partial charge in [-0.1, -0.05) is 0 Å². The maximum Gasteiger partial charge on any atom is 0.260 e. The highest BCUT2D eigenvalue weighted by Gasteiger charge is 2.29. The van der Waals surface area contributed by atoms with Gasteiger partial charge in [0.25, 0.3) is 10.0 Å². The molecule has 1 aromatic carbocycles. The fourth-order valence-corrected chi connectivity index (χ4v) is 5.00. The molecule has 7 nitrogen and oxygen atoms in total. The van der Waals surface area contributed by atoms with Crippen molar-refractivity contribution in [2.75, 3.05) is 11.5 Å². The number of hydrogen-bond acceptors (Lipinski definition) is 5. The van der Waals surface area contributed by atoms with E-state index in [-0.39, 0.29) is 23.8 Å². The van der Waals surface area contributed by atoms with Crippen molar-refractivity contribution >= 4 is 25.8 Å². The number of carbonyl (C=O) groups is 1. The Bertz CT molecular complexity index is 824. The van der Waals surface area contributed by atoms with E-state index in [4.69, 9.17) is 0 Å². The molecule has 1 saturated heterocycles. The molecule has 0 unspecified atom stereocenters. The summed E-state index contributed by atoms with van der Waals surface area (Å²) in [5.74, 6) is -3.48. The quantitative estimate of drug-likeness (QED) is 0.717. The van der Waals surface area contributed by atoms with E-state index in [1.165, 1.54) is 0 Å². The fraction of sp³-hybridized carbons (Fsp3) is 0.417. The summed E-state index contributed by atoms with van der Waals surface area (Å²) in [4.78, 5) is 12.5. The standard InChI is InChI=1S/C12H14F2N2O5S2/c13-9-1-2-11(10(14)6-9)23(20,21)16-15-12(17)5-8-3-4-22(18,19)7-8/h1-2,6,8,16H,3-5,7H2,(H,15,17)/t8-/m0/s1. The van der Waals surface area contributed by atoms with E-state index in [2.05, 4.69) is 0 Å². The average Bonchev–Trinajstić information content (AvgIpc) is 2.75. The molecule has 11 heteroatoms. The second-order valence-electron chi connectivity index (χ2n) is 5.20. The van der Waals surface area contributed by atoms with Gasteiger partial charge in [0.2, 0.25) is 5.91 Å². The number of carbonyl (C=O) groups excluding carboxylic acids is 1. The minimum Gasteiger partial charge on any atom is -0.278 e. The molecule has 0 aliphatic carbocycles. The van der Waals surface area contributed by atoms with Crippen molar-refractivity contribution in [3.63, 3.8) is 0 Å². The second-order valence-corrected chi connectivity index (χ2v) is 9.08. The molecule has 0 saturated carbocycles. The molecule has 0 radical (unpaired) electrons. The van der Waals surface area contributed by atoms with Gasteiger partial charge >= 0.3 is 0 Å². The van der Waals surface area contributed by atoms with Gasteiger partial charge in [-0.05, 0) is 24.5 Å². The van der Waals surface area contributed by atoms with Gasteiger partial charge in [0, 0.05) is 12.5 Å². The first-order chi connectivity index (χ1) is 10.6. The molecule has 0 aromatic heterocycles. The number of sulfone groups is 1. The lowest BCUT2D eigenvalue weighted by molar-refractivity contribution is -0.122. The van der Waals surface area contributed by atoms with Crippen molar-refractivity contribution in [3.8, 4) is 0 Å². The number of sulfonamides is 1. The van der Waals surface area contributed by atoms with Crippen molar-refractivity contribution in [1.82, 2.24) is 10.3 Å². The third-order valence-electron chi connectivity index (χ3n) is 3.31. The van der Waals surface area contributed by atoms with E-state index in [1.54, 1.807) is 4.83 Å². The number of benzene rings is 1. The van der Waals surface area contributed by atoms with Gasteiger partial charge in [0.05, 0.1) is 11.5 Å². The first-order valence-electron chi connectivity index (χ1n) is 6.55. The first kappa shape index (κ1) is 17.8. The summed E-state index contributed by atoms with van der Waals surface area (Å²) in [5.41, 5.74) is 1.89. The molecule has 1 aliphatic heterocycles.